The zero-order chi connectivity index (χ0) is 22.8. The maximum atomic E-state index is 13.0. The molecule has 0 radical (unpaired) electrons. The second-order valence-corrected chi connectivity index (χ2v) is 8.34. The minimum atomic E-state index is -0.316. The number of amides is 1. The van der Waals surface area contributed by atoms with Gasteiger partial charge in [0.05, 0.1) is 10.6 Å². The molecule has 5 aromatic rings. The molecule has 3 aromatic heterocycles. The fourth-order valence-electron chi connectivity index (χ4n) is 3.49. The van der Waals surface area contributed by atoms with Crippen molar-refractivity contribution in [1.82, 2.24) is 19.7 Å². The lowest BCUT2D eigenvalue weighted by molar-refractivity contribution is 0.102. The Morgan fingerprint density at radius 2 is 1.76 bits per heavy atom. The zero-order valence-corrected chi connectivity index (χ0v) is 18.5. The van der Waals surface area contributed by atoms with Gasteiger partial charge in [-0.3, -0.25) is 14.6 Å². The van der Waals surface area contributed by atoms with Crippen LogP contribution in [0.25, 0.3) is 27.8 Å². The SMILES string of the molecule is Cc1ccccc1C(=O)Nc1cc(-c2cccs2)nn1-c1nc(-c2ccccc2)cc(=O)[nH]1. The van der Waals surface area contributed by atoms with Crippen LogP contribution >= 0.6 is 11.3 Å². The summed E-state index contributed by atoms with van der Waals surface area (Å²) in [6, 6.07) is 23.9. The van der Waals surface area contributed by atoms with Crippen molar-refractivity contribution in [3.8, 4) is 27.8 Å². The molecule has 0 unspecified atom stereocenters. The van der Waals surface area contributed by atoms with Crippen molar-refractivity contribution in [1.29, 1.82) is 0 Å². The summed E-state index contributed by atoms with van der Waals surface area (Å²) in [5, 5.41) is 9.53. The van der Waals surface area contributed by atoms with E-state index in [4.69, 9.17) is 0 Å². The van der Waals surface area contributed by atoms with Crippen LogP contribution in [0, 0.1) is 6.92 Å². The van der Waals surface area contributed by atoms with E-state index < -0.39 is 0 Å². The molecule has 5 rings (SSSR count). The highest BCUT2D eigenvalue weighted by atomic mass is 32.1. The fourth-order valence-corrected chi connectivity index (χ4v) is 4.17. The molecular formula is C25H19N5O2S. The van der Waals surface area contributed by atoms with E-state index in [1.165, 1.54) is 22.1 Å². The van der Waals surface area contributed by atoms with Gasteiger partial charge in [0.25, 0.3) is 11.5 Å². The Morgan fingerprint density at radius 3 is 2.52 bits per heavy atom. The number of rotatable bonds is 5. The Kier molecular flexibility index (Phi) is 5.42. The maximum Gasteiger partial charge on any atom is 0.257 e. The first-order valence-corrected chi connectivity index (χ1v) is 11.1. The number of carbonyl (C=O) groups is 1. The molecule has 2 N–H and O–H groups in total. The minimum absolute atomic E-state index is 0.212. The van der Waals surface area contributed by atoms with Crippen LogP contribution in [0.2, 0.25) is 0 Å². The predicted molar refractivity (Wildman–Crippen MR) is 130 cm³/mol. The Balaban J connectivity index is 1.61. The molecule has 3 heterocycles. The number of anilines is 1. The smallest absolute Gasteiger partial charge is 0.257 e. The normalized spacial score (nSPS) is 10.8. The molecule has 0 saturated carbocycles. The van der Waals surface area contributed by atoms with Crippen LogP contribution in [0.15, 0.2) is 89.0 Å². The van der Waals surface area contributed by atoms with Crippen LogP contribution in [-0.4, -0.2) is 25.7 Å². The summed E-state index contributed by atoms with van der Waals surface area (Å²) >= 11 is 1.53. The van der Waals surface area contributed by atoms with Crippen LogP contribution < -0.4 is 10.9 Å². The number of nitrogens with one attached hydrogen (secondary N) is 2. The van der Waals surface area contributed by atoms with Crippen LogP contribution in [0.4, 0.5) is 5.82 Å². The van der Waals surface area contributed by atoms with Gasteiger partial charge in [-0.2, -0.15) is 9.78 Å². The Morgan fingerprint density at radius 1 is 0.970 bits per heavy atom. The van der Waals surface area contributed by atoms with E-state index in [1.54, 1.807) is 12.1 Å². The van der Waals surface area contributed by atoms with Gasteiger partial charge >= 0.3 is 0 Å². The lowest BCUT2D eigenvalue weighted by Gasteiger charge is -2.10. The van der Waals surface area contributed by atoms with Crippen molar-refractivity contribution in [2.75, 3.05) is 5.32 Å². The summed E-state index contributed by atoms with van der Waals surface area (Å²) < 4.78 is 1.46. The predicted octanol–water partition coefficient (Wildman–Crippen LogP) is 4.91. The summed E-state index contributed by atoms with van der Waals surface area (Å²) in [6.07, 6.45) is 0. The molecule has 0 atom stereocenters. The summed E-state index contributed by atoms with van der Waals surface area (Å²) in [4.78, 5) is 33.8. The zero-order valence-electron chi connectivity index (χ0n) is 17.6. The topological polar surface area (TPSA) is 92.7 Å². The Hall–Kier alpha value is -4.30. The maximum absolute atomic E-state index is 13.0. The molecule has 0 saturated heterocycles. The molecule has 0 aliphatic heterocycles. The number of H-pyrrole nitrogens is 1. The van der Waals surface area contributed by atoms with E-state index in [0.717, 1.165) is 16.0 Å². The number of hydrogen-bond acceptors (Lipinski definition) is 5. The van der Waals surface area contributed by atoms with Gasteiger partial charge in [-0.25, -0.2) is 4.98 Å². The van der Waals surface area contributed by atoms with Crippen LogP contribution in [0.1, 0.15) is 15.9 Å². The van der Waals surface area contributed by atoms with Crippen molar-refractivity contribution < 1.29 is 4.79 Å². The standard InChI is InChI=1S/C25H19N5O2S/c1-16-8-5-6-11-18(16)24(32)27-22-14-20(21-12-7-13-33-21)29-30(22)25-26-19(15-23(31)28-25)17-9-3-2-4-10-17/h2-15H,1H3,(H,27,32)(H,26,28,31). The summed E-state index contributed by atoms with van der Waals surface area (Å²) in [5.41, 5.74) is 3.08. The van der Waals surface area contributed by atoms with Crippen LogP contribution in [0.5, 0.6) is 0 Å². The molecule has 0 aliphatic carbocycles. The second kappa shape index (κ2) is 8.68. The number of aromatic amines is 1. The number of carbonyl (C=O) groups excluding carboxylic acids is 1. The summed E-state index contributed by atoms with van der Waals surface area (Å²) in [6.45, 7) is 1.88. The number of aromatic nitrogens is 4. The quantitative estimate of drug-likeness (QED) is 0.395. The highest BCUT2D eigenvalue weighted by molar-refractivity contribution is 7.13. The van der Waals surface area contributed by atoms with Gasteiger partial charge in [-0.15, -0.1) is 11.3 Å². The monoisotopic (exact) mass is 453 g/mol. The molecule has 2 aromatic carbocycles. The molecule has 33 heavy (non-hydrogen) atoms. The number of hydrogen-bond donors (Lipinski definition) is 2. The Bertz CT molecular complexity index is 1490. The number of nitrogens with zero attached hydrogens (tertiary/aromatic N) is 3. The van der Waals surface area contributed by atoms with Gasteiger partial charge in [0, 0.05) is 23.3 Å². The molecule has 1 amide bonds. The first-order valence-electron chi connectivity index (χ1n) is 10.3. The Labute approximate surface area is 193 Å². The second-order valence-electron chi connectivity index (χ2n) is 7.39. The van der Waals surface area contributed by atoms with Crippen molar-refractivity contribution in [3.63, 3.8) is 0 Å². The largest absolute Gasteiger partial charge is 0.306 e. The first-order chi connectivity index (χ1) is 16.1. The molecular weight excluding hydrogens is 434 g/mol. The van der Waals surface area contributed by atoms with Crippen molar-refractivity contribution in [2.45, 2.75) is 6.92 Å². The molecule has 0 aliphatic rings. The molecule has 8 heteroatoms. The van der Waals surface area contributed by atoms with Crippen molar-refractivity contribution >= 4 is 23.1 Å². The third kappa shape index (κ3) is 4.24. The van der Waals surface area contributed by atoms with Crippen molar-refractivity contribution in [3.05, 3.63) is 106 Å². The minimum Gasteiger partial charge on any atom is -0.306 e. The molecule has 7 nitrogen and oxygen atoms in total. The van der Waals surface area contributed by atoms with Gasteiger partial charge < -0.3 is 5.32 Å². The fraction of sp³-hybridized carbons (Fsp3) is 0.0400. The van der Waals surface area contributed by atoms with Crippen molar-refractivity contribution in [2.24, 2.45) is 0 Å². The first kappa shape index (κ1) is 20.6. The van der Waals surface area contributed by atoms with E-state index >= 15 is 0 Å². The van der Waals surface area contributed by atoms with Crippen LogP contribution in [0.3, 0.4) is 0 Å². The van der Waals surface area contributed by atoms with Gasteiger partial charge in [0.2, 0.25) is 5.95 Å². The molecule has 0 bridgehead atoms. The summed E-state index contributed by atoms with van der Waals surface area (Å²) in [5.74, 6) is 0.345. The summed E-state index contributed by atoms with van der Waals surface area (Å²) in [7, 11) is 0. The molecule has 162 valence electrons. The van der Waals surface area contributed by atoms with Gasteiger partial charge in [-0.1, -0.05) is 54.6 Å². The molecule has 0 spiro atoms. The van der Waals surface area contributed by atoms with Gasteiger partial charge in [0.1, 0.15) is 11.5 Å². The number of thiophene rings is 1. The third-order valence-electron chi connectivity index (χ3n) is 5.11. The number of aryl methyl sites for hydroxylation is 1. The van der Waals surface area contributed by atoms with E-state index in [2.05, 4.69) is 20.4 Å². The highest BCUT2D eigenvalue weighted by Gasteiger charge is 2.18. The van der Waals surface area contributed by atoms with Crippen LogP contribution in [-0.2, 0) is 0 Å². The molecule has 0 fully saturated rings. The highest BCUT2D eigenvalue weighted by Crippen LogP contribution is 2.28. The average molecular weight is 454 g/mol. The average Bonchev–Trinajstić information content (AvgIpc) is 3.50. The van der Waals surface area contributed by atoms with E-state index in [9.17, 15) is 9.59 Å². The third-order valence-corrected chi connectivity index (χ3v) is 6.01. The van der Waals surface area contributed by atoms with E-state index in [0.29, 0.717) is 22.8 Å². The van der Waals surface area contributed by atoms with Gasteiger partial charge in [-0.05, 0) is 30.0 Å². The lowest BCUT2D eigenvalue weighted by atomic mass is 10.1. The number of benzene rings is 2. The lowest BCUT2D eigenvalue weighted by Crippen LogP contribution is -2.19. The van der Waals surface area contributed by atoms with Gasteiger partial charge in [0.15, 0.2) is 0 Å². The van der Waals surface area contributed by atoms with E-state index in [1.807, 2.05) is 73.0 Å². The van der Waals surface area contributed by atoms with E-state index in [-0.39, 0.29) is 17.4 Å².